The Bertz CT molecular complexity index is 524. The fraction of sp³-hybridized carbons (Fsp3) is 0.588. The highest BCUT2D eigenvalue weighted by Gasteiger charge is 2.33. The highest BCUT2D eigenvalue weighted by molar-refractivity contribution is 5.94. The van der Waals surface area contributed by atoms with Gasteiger partial charge in [-0.25, -0.2) is 8.78 Å². The van der Waals surface area contributed by atoms with Gasteiger partial charge < -0.3 is 14.4 Å². The number of ether oxygens (including phenoxy) is 2. The lowest BCUT2D eigenvalue weighted by molar-refractivity contribution is 0.00251. The molecule has 0 aliphatic carbocycles. The zero-order valence-corrected chi connectivity index (χ0v) is 13.6. The summed E-state index contributed by atoms with van der Waals surface area (Å²) in [4.78, 5) is 14.1. The number of hydrogen-bond donors (Lipinski definition) is 0. The SMILES string of the molecule is COCCN(CC1(C)CCOCC1)C(=O)c1c(F)cccc1F. The van der Waals surface area contributed by atoms with Crippen LogP contribution in [0.1, 0.15) is 30.1 Å². The van der Waals surface area contributed by atoms with Gasteiger partial charge in [0.15, 0.2) is 0 Å². The molecule has 6 heteroatoms. The molecule has 0 unspecified atom stereocenters. The van der Waals surface area contributed by atoms with Crippen molar-refractivity contribution in [3.8, 4) is 0 Å². The second-order valence-electron chi connectivity index (χ2n) is 6.24. The Balaban J connectivity index is 2.21. The van der Waals surface area contributed by atoms with Crippen molar-refractivity contribution in [2.75, 3.05) is 40.0 Å². The summed E-state index contributed by atoms with van der Waals surface area (Å²) >= 11 is 0. The second-order valence-corrected chi connectivity index (χ2v) is 6.24. The standard InChI is InChI=1S/C17H23F2NO3/c1-17(6-9-23-10-7-17)12-20(8-11-22-2)16(21)15-13(18)4-3-5-14(15)19/h3-5H,6-12H2,1-2H3. The van der Waals surface area contributed by atoms with Crippen LogP contribution in [-0.4, -0.2) is 50.8 Å². The Morgan fingerprint density at radius 2 is 1.91 bits per heavy atom. The molecule has 2 rings (SSSR count). The van der Waals surface area contributed by atoms with E-state index in [1.54, 1.807) is 0 Å². The van der Waals surface area contributed by atoms with Crippen molar-refractivity contribution in [2.45, 2.75) is 19.8 Å². The zero-order chi connectivity index (χ0) is 16.9. The van der Waals surface area contributed by atoms with Gasteiger partial charge in [-0.05, 0) is 30.4 Å². The normalized spacial score (nSPS) is 17.0. The Kier molecular flexibility index (Phi) is 6.07. The van der Waals surface area contributed by atoms with Gasteiger partial charge in [0.1, 0.15) is 17.2 Å². The molecule has 1 aromatic rings. The maximum absolute atomic E-state index is 13.9. The first-order valence-electron chi connectivity index (χ1n) is 7.77. The molecule has 0 bridgehead atoms. The van der Waals surface area contributed by atoms with Gasteiger partial charge in [-0.2, -0.15) is 0 Å². The van der Waals surface area contributed by atoms with Crippen LogP contribution in [0.3, 0.4) is 0 Å². The first kappa shape index (κ1) is 17.8. The average molecular weight is 327 g/mol. The van der Waals surface area contributed by atoms with E-state index in [2.05, 4.69) is 6.92 Å². The highest BCUT2D eigenvalue weighted by atomic mass is 19.1. The number of benzene rings is 1. The van der Waals surface area contributed by atoms with E-state index < -0.39 is 23.1 Å². The van der Waals surface area contributed by atoms with Crippen LogP contribution in [0.15, 0.2) is 18.2 Å². The second kappa shape index (κ2) is 7.84. The van der Waals surface area contributed by atoms with Crippen molar-refractivity contribution < 1.29 is 23.0 Å². The summed E-state index contributed by atoms with van der Waals surface area (Å²) in [6.45, 7) is 4.37. The predicted molar refractivity (Wildman–Crippen MR) is 82.3 cm³/mol. The summed E-state index contributed by atoms with van der Waals surface area (Å²) in [5, 5.41) is 0. The van der Waals surface area contributed by atoms with Gasteiger partial charge in [0.25, 0.3) is 5.91 Å². The third-order valence-electron chi connectivity index (χ3n) is 4.30. The molecule has 0 saturated carbocycles. The minimum Gasteiger partial charge on any atom is -0.383 e. The van der Waals surface area contributed by atoms with E-state index >= 15 is 0 Å². The molecule has 1 aliphatic heterocycles. The lowest BCUT2D eigenvalue weighted by Crippen LogP contribution is -2.44. The number of amides is 1. The minimum absolute atomic E-state index is 0.122. The third kappa shape index (κ3) is 4.48. The van der Waals surface area contributed by atoms with Crippen molar-refractivity contribution in [1.82, 2.24) is 4.90 Å². The number of halogens is 2. The first-order valence-corrected chi connectivity index (χ1v) is 7.77. The highest BCUT2D eigenvalue weighted by Crippen LogP contribution is 2.31. The molecule has 1 amide bonds. The molecule has 128 valence electrons. The van der Waals surface area contributed by atoms with E-state index in [1.807, 2.05) is 0 Å². The topological polar surface area (TPSA) is 38.8 Å². The van der Waals surface area contributed by atoms with Crippen LogP contribution >= 0.6 is 0 Å². The summed E-state index contributed by atoms with van der Waals surface area (Å²) in [5.74, 6) is -2.31. The van der Waals surface area contributed by atoms with E-state index in [-0.39, 0.29) is 5.41 Å². The van der Waals surface area contributed by atoms with Crippen molar-refractivity contribution in [2.24, 2.45) is 5.41 Å². The average Bonchev–Trinajstić information content (AvgIpc) is 2.51. The van der Waals surface area contributed by atoms with Gasteiger partial charge in [-0.15, -0.1) is 0 Å². The van der Waals surface area contributed by atoms with Crippen molar-refractivity contribution in [3.05, 3.63) is 35.4 Å². The molecule has 1 heterocycles. The Labute approximate surface area is 135 Å². The Morgan fingerprint density at radius 3 is 2.48 bits per heavy atom. The summed E-state index contributed by atoms with van der Waals surface area (Å²) < 4.78 is 38.2. The molecule has 0 aromatic heterocycles. The summed E-state index contributed by atoms with van der Waals surface area (Å²) in [6, 6.07) is 3.45. The number of rotatable bonds is 6. The maximum Gasteiger partial charge on any atom is 0.259 e. The van der Waals surface area contributed by atoms with Crippen LogP contribution < -0.4 is 0 Å². The molecule has 1 saturated heterocycles. The third-order valence-corrected chi connectivity index (χ3v) is 4.30. The summed E-state index contributed by atoms with van der Waals surface area (Å²) in [6.07, 6.45) is 1.62. The molecule has 0 spiro atoms. The first-order chi connectivity index (χ1) is 11.0. The summed E-state index contributed by atoms with van der Waals surface area (Å²) in [7, 11) is 1.53. The maximum atomic E-state index is 13.9. The molecule has 1 aliphatic rings. The van der Waals surface area contributed by atoms with Crippen molar-refractivity contribution >= 4 is 5.91 Å². The van der Waals surface area contributed by atoms with E-state index in [4.69, 9.17) is 9.47 Å². The summed E-state index contributed by atoms with van der Waals surface area (Å²) in [5.41, 5.74) is -0.622. The monoisotopic (exact) mass is 327 g/mol. The van der Waals surface area contributed by atoms with Crippen molar-refractivity contribution in [1.29, 1.82) is 0 Å². The fourth-order valence-electron chi connectivity index (χ4n) is 2.80. The minimum atomic E-state index is -0.838. The predicted octanol–water partition coefficient (Wildman–Crippen LogP) is 2.87. The van der Waals surface area contributed by atoms with Gasteiger partial charge in [-0.3, -0.25) is 4.79 Å². The van der Waals surface area contributed by atoms with Crippen LogP contribution in [0.25, 0.3) is 0 Å². The molecule has 0 atom stereocenters. The van der Waals surface area contributed by atoms with Crippen molar-refractivity contribution in [3.63, 3.8) is 0 Å². The number of carbonyl (C=O) groups excluding carboxylic acids is 1. The molecule has 23 heavy (non-hydrogen) atoms. The smallest absolute Gasteiger partial charge is 0.259 e. The molecule has 4 nitrogen and oxygen atoms in total. The van der Waals surface area contributed by atoms with E-state index in [0.29, 0.717) is 32.9 Å². The van der Waals surface area contributed by atoms with E-state index in [9.17, 15) is 13.6 Å². The van der Waals surface area contributed by atoms with Crippen LogP contribution in [0.5, 0.6) is 0 Å². The molecule has 0 N–H and O–H groups in total. The van der Waals surface area contributed by atoms with E-state index in [1.165, 1.54) is 18.1 Å². The molecular formula is C17H23F2NO3. The van der Waals surface area contributed by atoms with Gasteiger partial charge in [0, 0.05) is 33.4 Å². The van der Waals surface area contributed by atoms with Crippen LogP contribution in [0.2, 0.25) is 0 Å². The molecule has 1 fully saturated rings. The Morgan fingerprint density at radius 1 is 1.30 bits per heavy atom. The Hall–Kier alpha value is -1.53. The van der Waals surface area contributed by atoms with Gasteiger partial charge >= 0.3 is 0 Å². The lowest BCUT2D eigenvalue weighted by Gasteiger charge is -2.38. The van der Waals surface area contributed by atoms with Gasteiger partial charge in [0.05, 0.1) is 6.61 Å². The molecule has 1 aromatic carbocycles. The van der Waals surface area contributed by atoms with Crippen LogP contribution in [0, 0.1) is 17.0 Å². The number of nitrogens with zero attached hydrogens (tertiary/aromatic N) is 1. The largest absolute Gasteiger partial charge is 0.383 e. The quantitative estimate of drug-likeness (QED) is 0.806. The fourth-order valence-corrected chi connectivity index (χ4v) is 2.80. The van der Waals surface area contributed by atoms with E-state index in [0.717, 1.165) is 25.0 Å². The number of carbonyl (C=O) groups is 1. The van der Waals surface area contributed by atoms with Crippen LogP contribution in [-0.2, 0) is 9.47 Å². The number of hydrogen-bond acceptors (Lipinski definition) is 3. The zero-order valence-electron chi connectivity index (χ0n) is 13.6. The van der Waals surface area contributed by atoms with Gasteiger partial charge in [0.2, 0.25) is 0 Å². The number of methoxy groups -OCH3 is 1. The molecular weight excluding hydrogens is 304 g/mol. The lowest BCUT2D eigenvalue weighted by atomic mass is 9.82. The van der Waals surface area contributed by atoms with Gasteiger partial charge in [-0.1, -0.05) is 13.0 Å². The molecule has 0 radical (unpaired) electrons. The van der Waals surface area contributed by atoms with Crippen LogP contribution in [0.4, 0.5) is 8.78 Å².